The Morgan fingerprint density at radius 1 is 1.07 bits per heavy atom. The minimum absolute atomic E-state index is 0.0127. The number of rotatable bonds is 5. The smallest absolute Gasteiger partial charge is 0.264 e. The molecule has 1 aliphatic heterocycles. The lowest BCUT2D eigenvalue weighted by Gasteiger charge is -2.19. The Labute approximate surface area is 157 Å². The largest absolute Gasteiger partial charge is 0.357 e. The number of carbonyl (C=O) groups is 2. The summed E-state index contributed by atoms with van der Waals surface area (Å²) < 4.78 is 25.8. The Hall–Kier alpha value is -3.13. The molecule has 3 rings (SSSR count). The van der Waals surface area contributed by atoms with Gasteiger partial charge < -0.3 is 10.2 Å². The van der Waals surface area contributed by atoms with E-state index in [9.17, 15) is 18.0 Å². The van der Waals surface area contributed by atoms with Crippen LogP contribution in [-0.2, 0) is 19.6 Å². The van der Waals surface area contributed by atoms with Gasteiger partial charge in [-0.2, -0.15) is 0 Å². The van der Waals surface area contributed by atoms with Crippen LogP contribution in [0.5, 0.6) is 0 Å². The fraction of sp³-hybridized carbons (Fsp3) is 0.158. The van der Waals surface area contributed by atoms with Crippen LogP contribution in [0.4, 0.5) is 11.4 Å². The monoisotopic (exact) mass is 385 g/mol. The highest BCUT2D eigenvalue weighted by Gasteiger charge is 2.24. The second kappa shape index (κ2) is 7.24. The maximum Gasteiger partial charge on any atom is 0.264 e. The Kier molecular flexibility index (Phi) is 5.00. The summed E-state index contributed by atoms with van der Waals surface area (Å²) in [6, 6.07) is 13.6. The number of sulfonamides is 1. The van der Waals surface area contributed by atoms with Crippen molar-refractivity contribution in [3.05, 3.63) is 65.9 Å². The van der Waals surface area contributed by atoms with Gasteiger partial charge >= 0.3 is 0 Å². The molecule has 1 heterocycles. The van der Waals surface area contributed by atoms with Gasteiger partial charge in [0.05, 0.1) is 11.4 Å². The van der Waals surface area contributed by atoms with Gasteiger partial charge in [0.25, 0.3) is 15.9 Å². The van der Waals surface area contributed by atoms with E-state index in [1.54, 1.807) is 17.0 Å². The van der Waals surface area contributed by atoms with Gasteiger partial charge in [0.15, 0.2) is 0 Å². The Bertz CT molecular complexity index is 1030. The summed E-state index contributed by atoms with van der Waals surface area (Å²) in [6.45, 7) is 3.48. The second-order valence-corrected chi connectivity index (χ2v) is 7.87. The summed E-state index contributed by atoms with van der Waals surface area (Å²) in [5.41, 5.74) is 3.21. The van der Waals surface area contributed by atoms with Crippen LogP contribution in [-0.4, -0.2) is 26.8 Å². The van der Waals surface area contributed by atoms with E-state index in [1.807, 2.05) is 35.9 Å². The highest BCUT2D eigenvalue weighted by atomic mass is 32.2. The Morgan fingerprint density at radius 2 is 1.74 bits per heavy atom. The number of carbonyl (C=O) groups excluding carboxylic acids is 2. The third kappa shape index (κ3) is 4.17. The molecular formula is C19H19N3O4S. The molecular weight excluding hydrogens is 366 g/mol. The first-order chi connectivity index (χ1) is 12.8. The van der Waals surface area contributed by atoms with Crippen molar-refractivity contribution in [2.24, 2.45) is 0 Å². The van der Waals surface area contributed by atoms with Crippen molar-refractivity contribution in [1.82, 2.24) is 4.72 Å². The number of para-hydroxylation sites is 1. The molecule has 0 bridgehead atoms. The summed E-state index contributed by atoms with van der Waals surface area (Å²) in [7, 11) is -3.87. The average molecular weight is 385 g/mol. The zero-order chi connectivity index (χ0) is 19.6. The SMILES string of the molecule is CC(=O)NS(=O)(=O)c1ccc(NC2=CC(=O)N(c3ccccc3C)C2)cc1. The molecule has 8 heteroatoms. The van der Waals surface area contributed by atoms with Crippen LogP contribution in [0.15, 0.2) is 65.2 Å². The van der Waals surface area contributed by atoms with Gasteiger partial charge in [-0.3, -0.25) is 9.59 Å². The van der Waals surface area contributed by atoms with Crippen LogP contribution in [0.2, 0.25) is 0 Å². The van der Waals surface area contributed by atoms with E-state index in [0.29, 0.717) is 17.9 Å². The molecule has 0 radical (unpaired) electrons. The first-order valence-electron chi connectivity index (χ1n) is 8.24. The van der Waals surface area contributed by atoms with Crippen LogP contribution < -0.4 is 14.9 Å². The molecule has 0 spiro atoms. The number of amides is 2. The molecule has 0 unspecified atom stereocenters. The number of hydrogen-bond donors (Lipinski definition) is 2. The number of nitrogens with zero attached hydrogens (tertiary/aromatic N) is 1. The molecule has 1 aliphatic rings. The first kappa shape index (κ1) is 18.7. The second-order valence-electron chi connectivity index (χ2n) is 6.19. The molecule has 0 saturated carbocycles. The van der Waals surface area contributed by atoms with Crippen molar-refractivity contribution in [1.29, 1.82) is 0 Å². The molecule has 2 aromatic carbocycles. The lowest BCUT2D eigenvalue weighted by molar-refractivity contribution is -0.117. The lowest BCUT2D eigenvalue weighted by Crippen LogP contribution is -2.28. The summed E-state index contributed by atoms with van der Waals surface area (Å²) in [4.78, 5) is 25.0. The molecule has 0 atom stereocenters. The van der Waals surface area contributed by atoms with Gasteiger partial charge in [0.2, 0.25) is 5.91 Å². The standard InChI is InChI=1S/C19H19N3O4S/c1-13-5-3-4-6-18(13)22-12-16(11-19(22)24)20-15-7-9-17(10-8-15)27(25,26)21-14(2)23/h3-11,20H,12H2,1-2H3,(H,21,23). The minimum atomic E-state index is -3.87. The predicted molar refractivity (Wildman–Crippen MR) is 103 cm³/mol. The van der Waals surface area contributed by atoms with E-state index in [-0.39, 0.29) is 10.8 Å². The van der Waals surface area contributed by atoms with Gasteiger partial charge in [-0.25, -0.2) is 13.1 Å². The van der Waals surface area contributed by atoms with Gasteiger partial charge in [-0.05, 0) is 42.8 Å². The van der Waals surface area contributed by atoms with Crippen LogP contribution in [0.3, 0.4) is 0 Å². The topological polar surface area (TPSA) is 95.6 Å². The quantitative estimate of drug-likeness (QED) is 0.822. The van der Waals surface area contributed by atoms with Gasteiger partial charge in [-0.1, -0.05) is 18.2 Å². The van der Waals surface area contributed by atoms with Crippen molar-refractivity contribution in [3.63, 3.8) is 0 Å². The molecule has 2 aromatic rings. The maximum absolute atomic E-state index is 12.3. The van der Waals surface area contributed by atoms with Crippen LogP contribution in [0, 0.1) is 6.92 Å². The van der Waals surface area contributed by atoms with Gasteiger partial charge in [0.1, 0.15) is 0 Å². The fourth-order valence-electron chi connectivity index (χ4n) is 2.82. The van der Waals surface area contributed by atoms with Crippen molar-refractivity contribution in [3.8, 4) is 0 Å². The third-order valence-electron chi connectivity index (χ3n) is 4.05. The molecule has 2 amide bonds. The Balaban J connectivity index is 1.72. The summed E-state index contributed by atoms with van der Waals surface area (Å²) in [5.74, 6) is -0.764. The number of benzene rings is 2. The zero-order valence-electron chi connectivity index (χ0n) is 14.9. The maximum atomic E-state index is 12.3. The minimum Gasteiger partial charge on any atom is -0.357 e. The molecule has 7 nitrogen and oxygen atoms in total. The van der Waals surface area contributed by atoms with E-state index >= 15 is 0 Å². The van der Waals surface area contributed by atoms with E-state index < -0.39 is 15.9 Å². The van der Waals surface area contributed by atoms with Crippen molar-refractivity contribution < 1.29 is 18.0 Å². The highest BCUT2D eigenvalue weighted by molar-refractivity contribution is 7.90. The van der Waals surface area contributed by atoms with Gasteiger partial charge in [-0.15, -0.1) is 0 Å². The number of anilines is 2. The van der Waals surface area contributed by atoms with Crippen LogP contribution >= 0.6 is 0 Å². The first-order valence-corrected chi connectivity index (χ1v) is 9.73. The predicted octanol–water partition coefficient (Wildman–Crippen LogP) is 2.16. The highest BCUT2D eigenvalue weighted by Crippen LogP contribution is 2.25. The number of nitrogens with one attached hydrogen (secondary N) is 2. The third-order valence-corrected chi connectivity index (χ3v) is 5.50. The molecule has 0 saturated heterocycles. The van der Waals surface area contributed by atoms with Crippen molar-refractivity contribution in [2.75, 3.05) is 16.8 Å². The summed E-state index contributed by atoms with van der Waals surface area (Å²) in [5, 5.41) is 3.13. The Morgan fingerprint density at radius 3 is 2.37 bits per heavy atom. The van der Waals surface area contributed by atoms with E-state index in [4.69, 9.17) is 0 Å². The van der Waals surface area contributed by atoms with E-state index in [2.05, 4.69) is 5.32 Å². The molecule has 140 valence electrons. The van der Waals surface area contributed by atoms with E-state index in [0.717, 1.165) is 18.2 Å². The van der Waals surface area contributed by atoms with E-state index in [1.165, 1.54) is 18.2 Å². The molecule has 2 N–H and O–H groups in total. The number of aryl methyl sites for hydroxylation is 1. The van der Waals surface area contributed by atoms with Gasteiger partial charge in [0, 0.05) is 30.1 Å². The summed E-state index contributed by atoms with van der Waals surface area (Å²) >= 11 is 0. The zero-order valence-corrected chi connectivity index (χ0v) is 15.7. The van der Waals surface area contributed by atoms with Crippen molar-refractivity contribution in [2.45, 2.75) is 18.7 Å². The normalized spacial score (nSPS) is 14.1. The van der Waals surface area contributed by atoms with Crippen LogP contribution in [0.1, 0.15) is 12.5 Å². The fourth-order valence-corrected chi connectivity index (χ4v) is 3.81. The lowest BCUT2D eigenvalue weighted by atomic mass is 10.2. The average Bonchev–Trinajstić information content (AvgIpc) is 2.95. The summed E-state index contributed by atoms with van der Waals surface area (Å²) in [6.07, 6.45) is 1.52. The molecule has 0 fully saturated rings. The van der Waals surface area contributed by atoms with Crippen LogP contribution in [0.25, 0.3) is 0 Å². The number of hydrogen-bond acceptors (Lipinski definition) is 5. The molecule has 0 aromatic heterocycles. The van der Waals surface area contributed by atoms with Crippen molar-refractivity contribution >= 4 is 33.2 Å². The molecule has 0 aliphatic carbocycles. The molecule has 27 heavy (non-hydrogen) atoms.